The Labute approximate surface area is 88.8 Å². The van der Waals surface area contributed by atoms with E-state index in [-0.39, 0.29) is 0 Å². The minimum absolute atomic E-state index is 0.683. The Balaban J connectivity index is 2.45. The summed E-state index contributed by atoms with van der Waals surface area (Å²) in [7, 11) is 1.67. The number of ether oxygens (including phenoxy) is 1. The molecule has 2 aromatic carbocycles. The average Bonchev–Trinajstić information content (AvgIpc) is 2.29. The van der Waals surface area contributed by atoms with Gasteiger partial charge in [0.25, 0.3) is 0 Å². The van der Waals surface area contributed by atoms with Crippen molar-refractivity contribution < 1.29 is 4.74 Å². The third kappa shape index (κ3) is 2.09. The van der Waals surface area contributed by atoms with Gasteiger partial charge in [-0.1, -0.05) is 18.2 Å². The summed E-state index contributed by atoms with van der Waals surface area (Å²) in [5, 5.41) is 2.37. The van der Waals surface area contributed by atoms with Gasteiger partial charge in [-0.2, -0.15) is 0 Å². The molecule has 0 atom stereocenters. The fourth-order valence-corrected chi connectivity index (χ4v) is 1.63. The van der Waals surface area contributed by atoms with Crippen molar-refractivity contribution in [3.05, 3.63) is 42.0 Å². The maximum absolute atomic E-state index is 5.28. The summed E-state index contributed by atoms with van der Waals surface area (Å²) in [6.07, 6.45) is 0. The molecule has 0 heterocycles. The molecule has 2 aromatic rings. The van der Waals surface area contributed by atoms with Crippen LogP contribution < -0.4 is 16.0 Å². The van der Waals surface area contributed by atoms with Crippen LogP contribution in [0.25, 0.3) is 10.8 Å². The lowest BCUT2D eigenvalue weighted by molar-refractivity contribution is 0.415. The molecule has 0 bridgehead atoms. The maximum atomic E-state index is 5.28. The summed E-state index contributed by atoms with van der Waals surface area (Å²) < 4.78 is 5.17. The molecule has 2 rings (SSSR count). The van der Waals surface area contributed by atoms with Gasteiger partial charge in [0.15, 0.2) is 0 Å². The van der Waals surface area contributed by atoms with Crippen LogP contribution >= 0.6 is 0 Å². The van der Waals surface area contributed by atoms with Crippen LogP contribution in [-0.4, -0.2) is 7.11 Å². The second-order valence-corrected chi connectivity index (χ2v) is 3.43. The molecule has 0 fully saturated rings. The highest BCUT2D eigenvalue weighted by Gasteiger charge is 1.97. The largest absolute Gasteiger partial charge is 0.497 e. The van der Waals surface area contributed by atoms with Crippen LogP contribution in [0.5, 0.6) is 5.75 Å². The lowest BCUT2D eigenvalue weighted by Crippen LogP contribution is -2.20. The van der Waals surface area contributed by atoms with Crippen molar-refractivity contribution in [2.24, 2.45) is 5.84 Å². The van der Waals surface area contributed by atoms with Gasteiger partial charge < -0.3 is 4.74 Å². The molecule has 0 aliphatic carbocycles. The van der Waals surface area contributed by atoms with Crippen molar-refractivity contribution in [2.75, 3.05) is 7.11 Å². The van der Waals surface area contributed by atoms with E-state index < -0.39 is 0 Å². The monoisotopic (exact) mass is 202 g/mol. The molecule has 3 nitrogen and oxygen atoms in total. The molecule has 78 valence electrons. The Kier molecular flexibility index (Phi) is 2.85. The van der Waals surface area contributed by atoms with Crippen LogP contribution in [0.2, 0.25) is 0 Å². The molecule has 15 heavy (non-hydrogen) atoms. The third-order valence-corrected chi connectivity index (χ3v) is 2.42. The van der Waals surface area contributed by atoms with Crippen LogP contribution in [0.1, 0.15) is 5.56 Å². The summed E-state index contributed by atoms with van der Waals surface area (Å²) >= 11 is 0. The van der Waals surface area contributed by atoms with Gasteiger partial charge in [-0.05, 0) is 34.5 Å². The van der Waals surface area contributed by atoms with Crippen molar-refractivity contribution in [3.63, 3.8) is 0 Å². The Hall–Kier alpha value is -1.58. The first-order chi connectivity index (χ1) is 7.33. The molecule has 0 aromatic heterocycles. The quantitative estimate of drug-likeness (QED) is 0.589. The van der Waals surface area contributed by atoms with Gasteiger partial charge in [0.05, 0.1) is 7.11 Å². The molecule has 0 saturated heterocycles. The van der Waals surface area contributed by atoms with Crippen molar-refractivity contribution in [1.82, 2.24) is 5.43 Å². The summed E-state index contributed by atoms with van der Waals surface area (Å²) in [6, 6.07) is 12.3. The second kappa shape index (κ2) is 4.29. The van der Waals surface area contributed by atoms with Gasteiger partial charge in [0, 0.05) is 6.54 Å². The number of nitrogens with one attached hydrogen (secondary N) is 1. The van der Waals surface area contributed by atoms with E-state index in [0.29, 0.717) is 6.54 Å². The fraction of sp³-hybridized carbons (Fsp3) is 0.167. The van der Waals surface area contributed by atoms with Gasteiger partial charge >= 0.3 is 0 Å². The van der Waals surface area contributed by atoms with Gasteiger partial charge in [0.1, 0.15) is 5.75 Å². The standard InChI is InChI=1S/C12H14N2O/c1-15-12-5-4-10-6-9(8-14-13)2-3-11(10)7-12/h2-7,14H,8,13H2,1H3. The molecule has 0 aliphatic rings. The van der Waals surface area contributed by atoms with Gasteiger partial charge in [-0.3, -0.25) is 11.3 Å². The third-order valence-electron chi connectivity index (χ3n) is 2.42. The van der Waals surface area contributed by atoms with Gasteiger partial charge in [0.2, 0.25) is 0 Å². The molecule has 0 unspecified atom stereocenters. The van der Waals surface area contributed by atoms with Crippen LogP contribution in [0.4, 0.5) is 0 Å². The number of methoxy groups -OCH3 is 1. The summed E-state index contributed by atoms with van der Waals surface area (Å²) in [6.45, 7) is 0.683. The topological polar surface area (TPSA) is 47.3 Å². The predicted molar refractivity (Wildman–Crippen MR) is 61.5 cm³/mol. The number of hydrogen-bond donors (Lipinski definition) is 2. The fourth-order valence-electron chi connectivity index (χ4n) is 1.63. The molecule has 0 saturated carbocycles. The van der Waals surface area contributed by atoms with Crippen molar-refractivity contribution in [1.29, 1.82) is 0 Å². The normalized spacial score (nSPS) is 10.5. The Morgan fingerprint density at radius 2 is 1.87 bits per heavy atom. The summed E-state index contributed by atoms with van der Waals surface area (Å²) in [5.41, 5.74) is 3.82. The van der Waals surface area contributed by atoms with Crippen LogP contribution in [0.15, 0.2) is 36.4 Å². The van der Waals surface area contributed by atoms with Crippen LogP contribution in [0.3, 0.4) is 0 Å². The lowest BCUT2D eigenvalue weighted by Gasteiger charge is -2.05. The Bertz CT molecular complexity index is 468. The van der Waals surface area contributed by atoms with Crippen molar-refractivity contribution >= 4 is 10.8 Å². The van der Waals surface area contributed by atoms with E-state index in [2.05, 4.69) is 23.6 Å². The van der Waals surface area contributed by atoms with Gasteiger partial charge in [-0.25, -0.2) is 0 Å². The highest BCUT2D eigenvalue weighted by molar-refractivity contribution is 5.84. The zero-order valence-electron chi connectivity index (χ0n) is 8.66. The SMILES string of the molecule is COc1ccc2cc(CNN)ccc2c1. The van der Waals surface area contributed by atoms with E-state index in [1.807, 2.05) is 18.2 Å². The van der Waals surface area contributed by atoms with Crippen LogP contribution in [-0.2, 0) is 6.54 Å². The first kappa shape index (κ1) is 9.96. The highest BCUT2D eigenvalue weighted by atomic mass is 16.5. The first-order valence-corrected chi connectivity index (χ1v) is 4.83. The number of benzene rings is 2. The molecule has 0 spiro atoms. The zero-order chi connectivity index (χ0) is 10.7. The van der Waals surface area contributed by atoms with Crippen molar-refractivity contribution in [2.45, 2.75) is 6.54 Å². The zero-order valence-corrected chi connectivity index (χ0v) is 8.66. The molecule has 3 heteroatoms. The molecule has 0 radical (unpaired) electrons. The lowest BCUT2D eigenvalue weighted by atomic mass is 10.1. The minimum Gasteiger partial charge on any atom is -0.497 e. The maximum Gasteiger partial charge on any atom is 0.119 e. The number of rotatable bonds is 3. The summed E-state index contributed by atoms with van der Waals surface area (Å²) in [4.78, 5) is 0. The first-order valence-electron chi connectivity index (χ1n) is 4.83. The van der Waals surface area contributed by atoms with E-state index in [1.54, 1.807) is 7.11 Å². The molecule has 0 aliphatic heterocycles. The molecule has 3 N–H and O–H groups in total. The number of hydrazine groups is 1. The second-order valence-electron chi connectivity index (χ2n) is 3.43. The molecule has 0 amide bonds. The van der Waals surface area contributed by atoms with Crippen LogP contribution in [0, 0.1) is 0 Å². The predicted octanol–water partition coefficient (Wildman–Crippen LogP) is 1.81. The number of hydrogen-bond acceptors (Lipinski definition) is 3. The number of fused-ring (bicyclic) bond motifs is 1. The molecular formula is C12H14N2O. The van der Waals surface area contributed by atoms with Crippen molar-refractivity contribution in [3.8, 4) is 5.75 Å². The minimum atomic E-state index is 0.683. The summed E-state index contributed by atoms with van der Waals surface area (Å²) in [5.74, 6) is 6.16. The Morgan fingerprint density at radius 3 is 2.60 bits per heavy atom. The van der Waals surface area contributed by atoms with E-state index in [0.717, 1.165) is 5.75 Å². The van der Waals surface area contributed by atoms with Gasteiger partial charge in [-0.15, -0.1) is 0 Å². The Morgan fingerprint density at radius 1 is 1.13 bits per heavy atom. The van der Waals surface area contributed by atoms with E-state index >= 15 is 0 Å². The smallest absolute Gasteiger partial charge is 0.119 e. The highest BCUT2D eigenvalue weighted by Crippen LogP contribution is 2.21. The van der Waals surface area contributed by atoms with E-state index in [1.165, 1.54) is 16.3 Å². The average molecular weight is 202 g/mol. The number of nitrogens with two attached hydrogens (primary N) is 1. The van der Waals surface area contributed by atoms with E-state index in [9.17, 15) is 0 Å². The molecular weight excluding hydrogens is 188 g/mol. The van der Waals surface area contributed by atoms with E-state index in [4.69, 9.17) is 10.6 Å².